The molecule has 1 saturated heterocycles. The second-order valence-corrected chi connectivity index (χ2v) is 4.02. The van der Waals surface area contributed by atoms with Crippen molar-refractivity contribution in [2.24, 2.45) is 5.92 Å². The molecule has 1 aliphatic rings. The van der Waals surface area contributed by atoms with Gasteiger partial charge in [-0.25, -0.2) is 4.98 Å². The highest BCUT2D eigenvalue weighted by atomic mass is 32.1. The third-order valence-corrected chi connectivity index (χ3v) is 2.97. The summed E-state index contributed by atoms with van der Waals surface area (Å²) in [6.07, 6.45) is 2.40. The highest BCUT2D eigenvalue weighted by molar-refractivity contribution is 7.09. The molecule has 0 saturated carbocycles. The second kappa shape index (κ2) is 2.86. The van der Waals surface area contributed by atoms with E-state index in [0.29, 0.717) is 12.3 Å². The largest absolute Gasteiger partial charge is 0.347 e. The lowest BCUT2D eigenvalue weighted by molar-refractivity contribution is -0.119. The van der Waals surface area contributed by atoms with E-state index >= 15 is 0 Å². The van der Waals surface area contributed by atoms with Crippen molar-refractivity contribution in [2.45, 2.75) is 19.4 Å². The number of carbonyl (C=O) groups is 1. The Morgan fingerprint density at radius 3 is 3.08 bits per heavy atom. The summed E-state index contributed by atoms with van der Waals surface area (Å²) in [6.45, 7) is 2.07. The smallest absolute Gasteiger partial charge is 0.220 e. The zero-order valence-corrected chi connectivity index (χ0v) is 7.60. The van der Waals surface area contributed by atoms with Crippen molar-refractivity contribution in [1.82, 2.24) is 10.3 Å². The van der Waals surface area contributed by atoms with Gasteiger partial charge >= 0.3 is 0 Å². The summed E-state index contributed by atoms with van der Waals surface area (Å²) in [6, 6.07) is 0.150. The van der Waals surface area contributed by atoms with Crippen molar-refractivity contribution >= 4 is 17.2 Å². The third kappa shape index (κ3) is 1.22. The van der Waals surface area contributed by atoms with Crippen LogP contribution in [0.4, 0.5) is 0 Å². The van der Waals surface area contributed by atoms with Gasteiger partial charge in [0, 0.05) is 18.0 Å². The number of nitrogens with zero attached hydrogens (tertiary/aromatic N) is 1. The summed E-state index contributed by atoms with van der Waals surface area (Å²) in [5.41, 5.74) is 0. The number of amides is 1. The van der Waals surface area contributed by atoms with E-state index in [1.165, 1.54) is 0 Å². The van der Waals surface area contributed by atoms with Crippen LogP contribution in [0.25, 0.3) is 0 Å². The summed E-state index contributed by atoms with van der Waals surface area (Å²) in [5, 5.41) is 5.87. The molecule has 0 aliphatic carbocycles. The number of rotatable bonds is 1. The van der Waals surface area contributed by atoms with Crippen molar-refractivity contribution in [1.29, 1.82) is 0 Å². The van der Waals surface area contributed by atoms with Gasteiger partial charge in [0.1, 0.15) is 5.01 Å². The van der Waals surface area contributed by atoms with Gasteiger partial charge in [-0.1, -0.05) is 6.92 Å². The molecule has 1 N–H and O–H groups in total. The van der Waals surface area contributed by atoms with Crippen LogP contribution in [0.3, 0.4) is 0 Å². The van der Waals surface area contributed by atoms with Gasteiger partial charge < -0.3 is 5.32 Å². The van der Waals surface area contributed by atoms with Crippen LogP contribution in [-0.4, -0.2) is 10.9 Å². The molecule has 12 heavy (non-hydrogen) atoms. The first-order valence-electron chi connectivity index (χ1n) is 3.96. The van der Waals surface area contributed by atoms with Crippen LogP contribution in [-0.2, 0) is 4.79 Å². The molecule has 0 spiro atoms. The summed E-state index contributed by atoms with van der Waals surface area (Å²) >= 11 is 1.60. The first kappa shape index (κ1) is 7.73. The van der Waals surface area contributed by atoms with Gasteiger partial charge in [-0.2, -0.15) is 0 Å². The van der Waals surface area contributed by atoms with Gasteiger partial charge in [-0.15, -0.1) is 11.3 Å². The average molecular weight is 182 g/mol. The van der Waals surface area contributed by atoms with Crippen molar-refractivity contribution in [3.63, 3.8) is 0 Å². The molecule has 1 aliphatic heterocycles. The molecule has 1 fully saturated rings. The van der Waals surface area contributed by atoms with Gasteiger partial charge in [0.15, 0.2) is 0 Å². The molecule has 1 aromatic rings. The minimum Gasteiger partial charge on any atom is -0.347 e. The Morgan fingerprint density at radius 2 is 2.58 bits per heavy atom. The molecule has 64 valence electrons. The molecule has 2 atom stereocenters. The lowest BCUT2D eigenvalue weighted by atomic mass is 10.0. The first-order chi connectivity index (χ1) is 5.77. The van der Waals surface area contributed by atoms with E-state index in [1.807, 2.05) is 5.38 Å². The van der Waals surface area contributed by atoms with Crippen LogP contribution < -0.4 is 5.32 Å². The van der Waals surface area contributed by atoms with Gasteiger partial charge in [0.2, 0.25) is 5.91 Å². The van der Waals surface area contributed by atoms with Crippen LogP contribution >= 0.6 is 11.3 Å². The van der Waals surface area contributed by atoms with E-state index in [-0.39, 0.29) is 11.9 Å². The lowest BCUT2D eigenvalue weighted by Crippen LogP contribution is -2.19. The van der Waals surface area contributed by atoms with E-state index in [0.717, 1.165) is 5.01 Å². The third-order valence-electron chi connectivity index (χ3n) is 2.11. The molecule has 2 heterocycles. The Kier molecular flexibility index (Phi) is 1.84. The van der Waals surface area contributed by atoms with E-state index in [4.69, 9.17) is 0 Å². The predicted octanol–water partition coefficient (Wildman–Crippen LogP) is 1.34. The Morgan fingerprint density at radius 1 is 1.75 bits per heavy atom. The fourth-order valence-corrected chi connectivity index (χ4v) is 2.30. The van der Waals surface area contributed by atoms with Crippen molar-refractivity contribution in [2.75, 3.05) is 0 Å². The van der Waals surface area contributed by atoms with Gasteiger partial charge in [-0.3, -0.25) is 4.79 Å². The fraction of sp³-hybridized carbons (Fsp3) is 0.500. The van der Waals surface area contributed by atoms with E-state index in [9.17, 15) is 4.79 Å². The number of hydrogen-bond acceptors (Lipinski definition) is 3. The number of thiazole rings is 1. The monoisotopic (exact) mass is 182 g/mol. The quantitative estimate of drug-likeness (QED) is 0.712. The maximum atomic E-state index is 11.0. The Bertz CT molecular complexity index is 283. The van der Waals surface area contributed by atoms with Gasteiger partial charge in [-0.05, 0) is 5.92 Å². The second-order valence-electron chi connectivity index (χ2n) is 3.10. The number of aromatic nitrogens is 1. The Labute approximate surface area is 74.8 Å². The zero-order valence-electron chi connectivity index (χ0n) is 6.78. The zero-order chi connectivity index (χ0) is 8.55. The normalized spacial score (nSPS) is 28.9. The van der Waals surface area contributed by atoms with Crippen molar-refractivity contribution in [3.05, 3.63) is 16.6 Å². The fourth-order valence-electron chi connectivity index (χ4n) is 1.48. The molecule has 0 bridgehead atoms. The van der Waals surface area contributed by atoms with Crippen molar-refractivity contribution in [3.8, 4) is 0 Å². The molecule has 0 unspecified atom stereocenters. The SMILES string of the molecule is C[C@H]1CC(=O)N[C@H]1c1nccs1. The predicted molar refractivity (Wildman–Crippen MR) is 46.8 cm³/mol. The average Bonchev–Trinajstić information content (AvgIpc) is 2.58. The Hall–Kier alpha value is -0.900. The maximum Gasteiger partial charge on any atom is 0.220 e. The molecule has 0 radical (unpaired) electrons. The van der Waals surface area contributed by atoms with Crippen LogP contribution in [0.5, 0.6) is 0 Å². The summed E-state index contributed by atoms with van der Waals surface area (Å²) < 4.78 is 0. The van der Waals surface area contributed by atoms with Crippen LogP contribution in [0.15, 0.2) is 11.6 Å². The van der Waals surface area contributed by atoms with Crippen LogP contribution in [0, 0.1) is 5.92 Å². The highest BCUT2D eigenvalue weighted by Crippen LogP contribution is 2.30. The number of carbonyl (C=O) groups excluding carboxylic acids is 1. The summed E-state index contributed by atoms with van der Waals surface area (Å²) in [7, 11) is 0. The number of nitrogens with one attached hydrogen (secondary N) is 1. The summed E-state index contributed by atoms with van der Waals surface area (Å²) in [4.78, 5) is 15.2. The minimum absolute atomic E-state index is 0.141. The standard InChI is InChI=1S/C8H10N2OS/c1-5-4-6(11)10-7(5)8-9-2-3-12-8/h2-3,5,7H,4H2,1H3,(H,10,11)/t5-,7+/m0/s1. The highest BCUT2D eigenvalue weighted by Gasteiger charge is 2.31. The van der Waals surface area contributed by atoms with Crippen molar-refractivity contribution < 1.29 is 4.79 Å². The Balaban J connectivity index is 2.20. The first-order valence-corrected chi connectivity index (χ1v) is 4.84. The molecular weight excluding hydrogens is 172 g/mol. The van der Waals surface area contributed by atoms with Gasteiger partial charge in [0.05, 0.1) is 6.04 Å². The van der Waals surface area contributed by atoms with E-state index in [2.05, 4.69) is 17.2 Å². The number of hydrogen-bond donors (Lipinski definition) is 1. The lowest BCUT2D eigenvalue weighted by Gasteiger charge is -2.10. The molecule has 1 aromatic heterocycles. The molecule has 2 rings (SSSR count). The topological polar surface area (TPSA) is 42.0 Å². The summed E-state index contributed by atoms with van der Waals surface area (Å²) in [5.74, 6) is 0.520. The molecule has 4 heteroatoms. The molecule has 0 aromatic carbocycles. The van der Waals surface area contributed by atoms with E-state index in [1.54, 1.807) is 17.5 Å². The van der Waals surface area contributed by atoms with Gasteiger partial charge in [0.25, 0.3) is 0 Å². The van der Waals surface area contributed by atoms with Crippen LogP contribution in [0.2, 0.25) is 0 Å². The molecular formula is C8H10N2OS. The minimum atomic E-state index is 0.141. The maximum absolute atomic E-state index is 11.0. The molecule has 1 amide bonds. The molecule has 3 nitrogen and oxygen atoms in total. The van der Waals surface area contributed by atoms with E-state index < -0.39 is 0 Å². The van der Waals surface area contributed by atoms with Crippen LogP contribution in [0.1, 0.15) is 24.4 Å².